The van der Waals surface area contributed by atoms with Crippen molar-refractivity contribution >= 4 is 5.97 Å². The highest BCUT2D eigenvalue weighted by molar-refractivity contribution is 5.74. The standard InChI is InChI=1S/C10H16N2O2/c1-7(2)9(10(13)14-4)12-6-8(3)5-11-12/h5-7,9H,1-4H3. The quantitative estimate of drug-likeness (QED) is 0.689. The van der Waals surface area contributed by atoms with E-state index in [-0.39, 0.29) is 17.9 Å². The van der Waals surface area contributed by atoms with Crippen LogP contribution in [-0.4, -0.2) is 22.9 Å². The van der Waals surface area contributed by atoms with Gasteiger partial charge in [0.15, 0.2) is 6.04 Å². The minimum absolute atomic E-state index is 0.168. The van der Waals surface area contributed by atoms with E-state index >= 15 is 0 Å². The van der Waals surface area contributed by atoms with Crippen LogP contribution in [0.5, 0.6) is 0 Å². The number of methoxy groups -OCH3 is 1. The zero-order chi connectivity index (χ0) is 10.7. The monoisotopic (exact) mass is 196 g/mol. The third-order valence-electron chi connectivity index (χ3n) is 2.09. The predicted octanol–water partition coefficient (Wildman–Crippen LogP) is 1.56. The lowest BCUT2D eigenvalue weighted by atomic mass is 10.1. The second-order valence-corrected chi connectivity index (χ2v) is 3.71. The molecule has 0 N–H and O–H groups in total. The molecule has 0 fully saturated rings. The van der Waals surface area contributed by atoms with Crippen LogP contribution >= 0.6 is 0 Å². The van der Waals surface area contributed by atoms with Crippen molar-refractivity contribution in [1.29, 1.82) is 0 Å². The van der Waals surface area contributed by atoms with E-state index < -0.39 is 0 Å². The number of hydrogen-bond acceptors (Lipinski definition) is 3. The summed E-state index contributed by atoms with van der Waals surface area (Å²) >= 11 is 0. The number of carbonyl (C=O) groups excluding carboxylic acids is 1. The van der Waals surface area contributed by atoms with E-state index in [0.717, 1.165) is 5.56 Å². The highest BCUT2D eigenvalue weighted by atomic mass is 16.5. The van der Waals surface area contributed by atoms with E-state index in [2.05, 4.69) is 5.10 Å². The van der Waals surface area contributed by atoms with Gasteiger partial charge in [0, 0.05) is 6.20 Å². The Morgan fingerprint density at radius 3 is 2.57 bits per heavy atom. The number of hydrogen-bond donors (Lipinski definition) is 0. The number of aryl methyl sites for hydroxylation is 1. The topological polar surface area (TPSA) is 44.1 Å². The minimum Gasteiger partial charge on any atom is -0.467 e. The van der Waals surface area contributed by atoms with Gasteiger partial charge in [-0.3, -0.25) is 4.68 Å². The van der Waals surface area contributed by atoms with Gasteiger partial charge in [-0.1, -0.05) is 13.8 Å². The van der Waals surface area contributed by atoms with Crippen molar-refractivity contribution in [3.63, 3.8) is 0 Å². The van der Waals surface area contributed by atoms with E-state index in [1.807, 2.05) is 27.0 Å². The Balaban J connectivity index is 2.94. The molecule has 1 atom stereocenters. The van der Waals surface area contributed by atoms with Crippen LogP contribution in [-0.2, 0) is 9.53 Å². The summed E-state index contributed by atoms with van der Waals surface area (Å²) in [7, 11) is 1.40. The number of aromatic nitrogens is 2. The van der Waals surface area contributed by atoms with Crippen LogP contribution in [0, 0.1) is 12.8 Å². The maximum absolute atomic E-state index is 11.5. The van der Waals surface area contributed by atoms with Crippen LogP contribution in [0.1, 0.15) is 25.5 Å². The van der Waals surface area contributed by atoms with Gasteiger partial charge in [-0.15, -0.1) is 0 Å². The SMILES string of the molecule is COC(=O)C(C(C)C)n1cc(C)cn1. The molecule has 14 heavy (non-hydrogen) atoms. The van der Waals surface area contributed by atoms with E-state index in [4.69, 9.17) is 4.74 Å². The van der Waals surface area contributed by atoms with Crippen LogP contribution in [0.2, 0.25) is 0 Å². The lowest BCUT2D eigenvalue weighted by Gasteiger charge is -2.18. The van der Waals surface area contributed by atoms with Gasteiger partial charge in [0.1, 0.15) is 0 Å². The summed E-state index contributed by atoms with van der Waals surface area (Å²) in [6.07, 6.45) is 3.58. The molecular weight excluding hydrogens is 180 g/mol. The molecule has 0 aliphatic heterocycles. The molecule has 0 spiro atoms. The summed E-state index contributed by atoms with van der Waals surface area (Å²) in [5, 5.41) is 4.12. The van der Waals surface area contributed by atoms with Gasteiger partial charge in [-0.25, -0.2) is 4.79 Å². The van der Waals surface area contributed by atoms with Crippen molar-refractivity contribution in [2.24, 2.45) is 5.92 Å². The summed E-state index contributed by atoms with van der Waals surface area (Å²) in [6, 6.07) is -0.325. The molecule has 0 aliphatic carbocycles. The van der Waals surface area contributed by atoms with Crippen molar-refractivity contribution in [3.05, 3.63) is 18.0 Å². The molecule has 0 aliphatic rings. The summed E-state index contributed by atoms with van der Waals surface area (Å²) in [5.74, 6) is -0.0788. The van der Waals surface area contributed by atoms with Crippen molar-refractivity contribution in [2.75, 3.05) is 7.11 Å². The molecule has 0 aromatic carbocycles. The zero-order valence-electron chi connectivity index (χ0n) is 9.02. The molecule has 1 unspecified atom stereocenters. The maximum Gasteiger partial charge on any atom is 0.330 e. The average Bonchev–Trinajstić information content (AvgIpc) is 2.51. The number of esters is 1. The fourth-order valence-electron chi connectivity index (χ4n) is 1.39. The Kier molecular flexibility index (Phi) is 3.28. The van der Waals surface area contributed by atoms with Crippen molar-refractivity contribution in [2.45, 2.75) is 26.8 Å². The molecule has 4 nitrogen and oxygen atoms in total. The van der Waals surface area contributed by atoms with Crippen LogP contribution in [0.15, 0.2) is 12.4 Å². The Labute approximate surface area is 83.9 Å². The van der Waals surface area contributed by atoms with Crippen molar-refractivity contribution in [3.8, 4) is 0 Å². The Morgan fingerprint density at radius 2 is 2.21 bits per heavy atom. The molecular formula is C10H16N2O2. The second-order valence-electron chi connectivity index (χ2n) is 3.71. The molecule has 1 heterocycles. The van der Waals surface area contributed by atoms with E-state index in [9.17, 15) is 4.79 Å². The van der Waals surface area contributed by atoms with Gasteiger partial charge < -0.3 is 4.74 Å². The van der Waals surface area contributed by atoms with Gasteiger partial charge in [0.05, 0.1) is 13.3 Å². The molecule has 0 amide bonds. The lowest BCUT2D eigenvalue weighted by Crippen LogP contribution is -2.26. The fourth-order valence-corrected chi connectivity index (χ4v) is 1.39. The number of ether oxygens (including phenoxy) is 1. The normalized spacial score (nSPS) is 12.9. The van der Waals surface area contributed by atoms with E-state index in [1.165, 1.54) is 7.11 Å². The predicted molar refractivity (Wildman–Crippen MR) is 52.9 cm³/mol. The highest BCUT2D eigenvalue weighted by Gasteiger charge is 2.25. The third kappa shape index (κ3) is 2.13. The van der Waals surface area contributed by atoms with Crippen molar-refractivity contribution in [1.82, 2.24) is 9.78 Å². The first-order chi connectivity index (χ1) is 6.56. The van der Waals surface area contributed by atoms with Crippen LogP contribution in [0.4, 0.5) is 0 Å². The van der Waals surface area contributed by atoms with Crippen molar-refractivity contribution < 1.29 is 9.53 Å². The van der Waals surface area contributed by atoms with Gasteiger partial charge >= 0.3 is 5.97 Å². The summed E-state index contributed by atoms with van der Waals surface area (Å²) < 4.78 is 6.40. The maximum atomic E-state index is 11.5. The summed E-state index contributed by atoms with van der Waals surface area (Å²) in [4.78, 5) is 11.5. The molecule has 4 heteroatoms. The van der Waals surface area contributed by atoms with Gasteiger partial charge in [0.2, 0.25) is 0 Å². The molecule has 0 bridgehead atoms. The first-order valence-corrected chi connectivity index (χ1v) is 4.65. The molecule has 1 aromatic heterocycles. The number of carbonyl (C=O) groups is 1. The molecule has 0 radical (unpaired) electrons. The van der Waals surface area contributed by atoms with Gasteiger partial charge in [-0.05, 0) is 18.4 Å². The molecule has 1 rings (SSSR count). The molecule has 1 aromatic rings. The Bertz CT molecular complexity index is 318. The van der Waals surface area contributed by atoms with Crippen LogP contribution in [0.25, 0.3) is 0 Å². The van der Waals surface area contributed by atoms with E-state index in [0.29, 0.717) is 0 Å². The highest BCUT2D eigenvalue weighted by Crippen LogP contribution is 2.18. The summed E-state index contributed by atoms with van der Waals surface area (Å²) in [5.41, 5.74) is 1.04. The molecule has 0 saturated carbocycles. The number of rotatable bonds is 3. The first kappa shape index (κ1) is 10.8. The van der Waals surface area contributed by atoms with Gasteiger partial charge in [-0.2, -0.15) is 5.10 Å². The Hall–Kier alpha value is -1.32. The van der Waals surface area contributed by atoms with Crippen LogP contribution < -0.4 is 0 Å². The number of nitrogens with zero attached hydrogens (tertiary/aromatic N) is 2. The minimum atomic E-state index is -0.325. The largest absolute Gasteiger partial charge is 0.467 e. The first-order valence-electron chi connectivity index (χ1n) is 4.65. The second kappa shape index (κ2) is 4.26. The fraction of sp³-hybridized carbons (Fsp3) is 0.600. The average molecular weight is 196 g/mol. The molecule has 0 saturated heterocycles. The molecule has 78 valence electrons. The smallest absolute Gasteiger partial charge is 0.330 e. The van der Waals surface area contributed by atoms with Gasteiger partial charge in [0.25, 0.3) is 0 Å². The zero-order valence-corrected chi connectivity index (χ0v) is 9.02. The Morgan fingerprint density at radius 1 is 1.57 bits per heavy atom. The summed E-state index contributed by atoms with van der Waals surface area (Å²) in [6.45, 7) is 5.88. The van der Waals surface area contributed by atoms with E-state index in [1.54, 1.807) is 10.9 Å². The third-order valence-corrected chi connectivity index (χ3v) is 2.09. The lowest BCUT2D eigenvalue weighted by molar-refractivity contribution is -0.146. The van der Waals surface area contributed by atoms with Crippen LogP contribution in [0.3, 0.4) is 0 Å².